The van der Waals surface area contributed by atoms with Crippen molar-refractivity contribution in [2.45, 2.75) is 12.2 Å². The minimum absolute atomic E-state index is 0.342. The molecule has 2 N–H and O–H groups in total. The van der Waals surface area contributed by atoms with Gasteiger partial charge in [0.25, 0.3) is 10.1 Å². The van der Waals surface area contributed by atoms with Gasteiger partial charge in [0.2, 0.25) is 0 Å². The summed E-state index contributed by atoms with van der Waals surface area (Å²) in [6.45, 7) is 4.39. The largest absolute Gasteiger partial charge is 0.391 e. The topological polar surface area (TPSA) is 75.6 Å². The molecule has 1 saturated heterocycles. The van der Waals surface area contributed by atoms with Crippen LogP contribution in [0, 0.1) is 5.92 Å². The molecular weight excluding hydrogens is 206 g/mol. The third kappa shape index (κ3) is 3.06. The minimum Gasteiger partial charge on any atom is -0.391 e. The second kappa shape index (κ2) is 4.39. The van der Waals surface area contributed by atoms with Gasteiger partial charge in [-0.25, -0.2) is 0 Å². The fourth-order valence-corrected chi connectivity index (χ4v) is 2.17. The van der Waals surface area contributed by atoms with Gasteiger partial charge in [0, 0.05) is 19.0 Å². The van der Waals surface area contributed by atoms with Crippen LogP contribution < -0.4 is 5.32 Å². The van der Waals surface area contributed by atoms with Crippen molar-refractivity contribution in [3.63, 3.8) is 0 Å². The predicted molar refractivity (Wildman–Crippen MR) is 52.3 cm³/mol. The van der Waals surface area contributed by atoms with E-state index in [0.717, 1.165) is 6.26 Å². The number of aliphatic hydroxyl groups excluding tert-OH is 1. The fraction of sp³-hybridized carbons (Fsp3) is 0.750. The van der Waals surface area contributed by atoms with Crippen LogP contribution in [-0.2, 0) is 14.3 Å². The van der Waals surface area contributed by atoms with Crippen LogP contribution in [0.25, 0.3) is 0 Å². The Bertz CT molecular complexity index is 300. The van der Waals surface area contributed by atoms with E-state index in [2.05, 4.69) is 11.9 Å². The van der Waals surface area contributed by atoms with E-state index < -0.39 is 22.3 Å². The third-order valence-corrected chi connectivity index (χ3v) is 2.74. The zero-order valence-corrected chi connectivity index (χ0v) is 8.83. The predicted octanol–water partition coefficient (Wildman–Crippen LogP) is -0.902. The molecule has 0 amide bonds. The lowest BCUT2D eigenvalue weighted by atomic mass is 9.93. The highest BCUT2D eigenvalue weighted by atomic mass is 32.2. The molecule has 0 aromatic carbocycles. The minimum atomic E-state index is -3.49. The molecule has 0 saturated carbocycles. The van der Waals surface area contributed by atoms with Gasteiger partial charge < -0.3 is 10.4 Å². The SMILES string of the molecule is C=C[C@H]1[C@@H](O)CNC[C@H]1OS(C)(=O)=O. The normalized spacial score (nSPS) is 34.0. The van der Waals surface area contributed by atoms with Crippen LogP contribution in [0.3, 0.4) is 0 Å². The Balaban J connectivity index is 2.70. The van der Waals surface area contributed by atoms with Crippen LogP contribution in [-0.4, -0.2) is 45.1 Å². The van der Waals surface area contributed by atoms with E-state index in [-0.39, 0.29) is 5.92 Å². The van der Waals surface area contributed by atoms with Gasteiger partial charge in [0.05, 0.1) is 18.5 Å². The molecule has 1 aliphatic rings. The highest BCUT2D eigenvalue weighted by Gasteiger charge is 2.32. The Kier molecular flexibility index (Phi) is 3.65. The van der Waals surface area contributed by atoms with Crippen LogP contribution in [0.2, 0.25) is 0 Å². The first-order chi connectivity index (χ1) is 6.44. The molecule has 0 bridgehead atoms. The smallest absolute Gasteiger partial charge is 0.264 e. The lowest BCUT2D eigenvalue weighted by Crippen LogP contribution is -2.50. The van der Waals surface area contributed by atoms with Crippen molar-refractivity contribution in [3.05, 3.63) is 12.7 Å². The van der Waals surface area contributed by atoms with Crippen LogP contribution in [0.5, 0.6) is 0 Å². The Morgan fingerprint density at radius 2 is 2.21 bits per heavy atom. The van der Waals surface area contributed by atoms with E-state index in [0.29, 0.717) is 13.1 Å². The highest BCUT2D eigenvalue weighted by molar-refractivity contribution is 7.86. The number of hydrogen-bond donors (Lipinski definition) is 2. The van der Waals surface area contributed by atoms with Crippen molar-refractivity contribution in [1.29, 1.82) is 0 Å². The van der Waals surface area contributed by atoms with Crippen LogP contribution >= 0.6 is 0 Å². The zero-order chi connectivity index (χ0) is 10.8. The van der Waals surface area contributed by atoms with Crippen LogP contribution in [0.1, 0.15) is 0 Å². The van der Waals surface area contributed by atoms with E-state index in [1.54, 1.807) is 0 Å². The van der Waals surface area contributed by atoms with Gasteiger partial charge >= 0.3 is 0 Å². The van der Waals surface area contributed by atoms with E-state index >= 15 is 0 Å². The molecular formula is C8H15NO4S. The molecule has 14 heavy (non-hydrogen) atoms. The molecule has 1 heterocycles. The van der Waals surface area contributed by atoms with Crippen molar-refractivity contribution < 1.29 is 17.7 Å². The van der Waals surface area contributed by atoms with Gasteiger partial charge in [-0.15, -0.1) is 6.58 Å². The number of β-amino-alcohol motifs (C(OH)–C–C–N with tert-alkyl or cyclic N) is 1. The molecule has 6 heteroatoms. The average Bonchev–Trinajstić information content (AvgIpc) is 2.01. The quantitative estimate of drug-likeness (QED) is 0.477. The summed E-state index contributed by atoms with van der Waals surface area (Å²) in [5, 5.41) is 12.4. The molecule has 0 aromatic rings. The maximum Gasteiger partial charge on any atom is 0.264 e. The van der Waals surface area contributed by atoms with Gasteiger partial charge in [0.1, 0.15) is 0 Å². The summed E-state index contributed by atoms with van der Waals surface area (Å²) in [7, 11) is -3.49. The first kappa shape index (κ1) is 11.6. The second-order valence-corrected chi connectivity index (χ2v) is 4.98. The number of hydrogen-bond acceptors (Lipinski definition) is 5. The Hall–Kier alpha value is -0.430. The highest BCUT2D eigenvalue weighted by Crippen LogP contribution is 2.18. The van der Waals surface area contributed by atoms with Gasteiger partial charge in [0.15, 0.2) is 0 Å². The molecule has 3 atom stereocenters. The number of nitrogens with one attached hydrogen (secondary N) is 1. The first-order valence-electron chi connectivity index (χ1n) is 4.33. The lowest BCUT2D eigenvalue weighted by molar-refractivity contribution is 0.0281. The summed E-state index contributed by atoms with van der Waals surface area (Å²) >= 11 is 0. The lowest BCUT2D eigenvalue weighted by Gasteiger charge is -2.32. The Morgan fingerprint density at radius 3 is 2.71 bits per heavy atom. The third-order valence-electron chi connectivity index (χ3n) is 2.14. The van der Waals surface area contributed by atoms with Crippen molar-refractivity contribution >= 4 is 10.1 Å². The van der Waals surface area contributed by atoms with Crippen molar-refractivity contribution in [1.82, 2.24) is 5.32 Å². The molecule has 82 valence electrons. The summed E-state index contributed by atoms with van der Waals surface area (Å²) in [5.41, 5.74) is 0. The molecule has 0 spiro atoms. The number of piperidine rings is 1. The van der Waals surface area contributed by atoms with E-state index in [9.17, 15) is 13.5 Å². The molecule has 0 unspecified atom stereocenters. The fourth-order valence-electron chi connectivity index (χ4n) is 1.52. The Morgan fingerprint density at radius 1 is 1.57 bits per heavy atom. The van der Waals surface area contributed by atoms with Crippen molar-refractivity contribution in [3.8, 4) is 0 Å². The Labute approximate surface area is 83.9 Å². The van der Waals surface area contributed by atoms with Crippen LogP contribution in [0.15, 0.2) is 12.7 Å². The second-order valence-electron chi connectivity index (χ2n) is 3.38. The first-order valence-corrected chi connectivity index (χ1v) is 6.15. The average molecular weight is 221 g/mol. The molecule has 0 aromatic heterocycles. The maximum atomic E-state index is 10.9. The molecule has 1 aliphatic heterocycles. The van der Waals surface area contributed by atoms with Gasteiger partial charge in [-0.05, 0) is 0 Å². The molecule has 0 radical (unpaired) electrons. The molecule has 0 aliphatic carbocycles. The van der Waals surface area contributed by atoms with Gasteiger partial charge in [-0.1, -0.05) is 6.08 Å². The maximum absolute atomic E-state index is 10.9. The summed E-state index contributed by atoms with van der Waals surface area (Å²) < 4.78 is 26.6. The standard InChI is InChI=1S/C8H15NO4S/c1-3-6-7(10)4-9-5-8(6)13-14(2,11)12/h3,6-10H,1,4-5H2,2H3/t6-,7-,8+/m0/s1. The molecule has 1 fully saturated rings. The van der Waals surface area contributed by atoms with E-state index in [4.69, 9.17) is 4.18 Å². The van der Waals surface area contributed by atoms with Crippen molar-refractivity contribution in [2.24, 2.45) is 5.92 Å². The van der Waals surface area contributed by atoms with E-state index in [1.807, 2.05) is 0 Å². The monoisotopic (exact) mass is 221 g/mol. The number of aliphatic hydroxyl groups is 1. The van der Waals surface area contributed by atoms with Gasteiger partial charge in [-0.2, -0.15) is 8.42 Å². The summed E-state index contributed by atoms with van der Waals surface area (Å²) in [6, 6.07) is 0. The zero-order valence-electron chi connectivity index (χ0n) is 8.01. The summed E-state index contributed by atoms with van der Waals surface area (Å²) in [6.07, 6.45) is 1.31. The summed E-state index contributed by atoms with van der Waals surface area (Å²) in [4.78, 5) is 0. The van der Waals surface area contributed by atoms with Crippen molar-refractivity contribution in [2.75, 3.05) is 19.3 Å². The van der Waals surface area contributed by atoms with Crippen LogP contribution in [0.4, 0.5) is 0 Å². The van der Waals surface area contributed by atoms with Gasteiger partial charge in [-0.3, -0.25) is 4.18 Å². The van der Waals surface area contributed by atoms with E-state index in [1.165, 1.54) is 6.08 Å². The molecule has 1 rings (SSSR count). The number of rotatable bonds is 3. The molecule has 5 nitrogen and oxygen atoms in total. The summed E-state index contributed by atoms with van der Waals surface area (Å²) in [5.74, 6) is -0.342.